The van der Waals surface area contributed by atoms with E-state index in [-0.39, 0.29) is 30.1 Å². The molecule has 0 spiro atoms. The van der Waals surface area contributed by atoms with E-state index in [1.165, 1.54) is 29.6 Å². The summed E-state index contributed by atoms with van der Waals surface area (Å²) in [6.07, 6.45) is 0.894. The molecule has 1 aromatic heterocycles. The number of carbonyl (C=O) groups is 2. The van der Waals surface area contributed by atoms with Gasteiger partial charge < -0.3 is 10.2 Å². The molecular formula is C27H32F2N2O5S. The number of aromatic nitrogens is 1. The van der Waals surface area contributed by atoms with Gasteiger partial charge in [-0.2, -0.15) is 5.06 Å². The first-order valence-electron chi connectivity index (χ1n) is 12.9. The van der Waals surface area contributed by atoms with Crippen LogP contribution in [-0.4, -0.2) is 68.5 Å². The van der Waals surface area contributed by atoms with Gasteiger partial charge in [0, 0.05) is 34.6 Å². The van der Waals surface area contributed by atoms with E-state index in [0.717, 1.165) is 10.7 Å². The Morgan fingerprint density at radius 2 is 2.08 bits per heavy atom. The van der Waals surface area contributed by atoms with Crippen LogP contribution < -0.4 is 0 Å². The minimum atomic E-state index is -2.22. The first kappa shape index (κ1) is 25.4. The van der Waals surface area contributed by atoms with E-state index in [2.05, 4.69) is 4.98 Å². The molecule has 5 aliphatic rings. The fraction of sp³-hybridized carbons (Fsp3) is 0.667. The summed E-state index contributed by atoms with van der Waals surface area (Å²) >= 11 is 1.52. The summed E-state index contributed by atoms with van der Waals surface area (Å²) in [7, 11) is 0. The number of fused-ring (bicyclic) bond motifs is 7. The zero-order chi connectivity index (χ0) is 26.5. The molecular weight excluding hydrogens is 502 g/mol. The number of alkyl halides is 2. The molecule has 10 heteroatoms. The molecule has 9 atom stereocenters. The fourth-order valence-electron chi connectivity index (χ4n) is 8.70. The third-order valence-corrected chi connectivity index (χ3v) is 11.1. The number of aliphatic hydroxyl groups excluding tert-OH is 2. The van der Waals surface area contributed by atoms with Gasteiger partial charge in [-0.05, 0) is 56.8 Å². The summed E-state index contributed by atoms with van der Waals surface area (Å²) in [5.41, 5.74) is -5.31. The highest BCUT2D eigenvalue weighted by molar-refractivity contribution is 7.09. The summed E-state index contributed by atoms with van der Waals surface area (Å²) < 4.78 is 33.0. The number of aryl methyl sites for hydroxylation is 1. The van der Waals surface area contributed by atoms with E-state index < -0.39 is 58.6 Å². The average Bonchev–Trinajstić information content (AvgIpc) is 3.49. The minimum absolute atomic E-state index is 0.0710. The van der Waals surface area contributed by atoms with Crippen molar-refractivity contribution >= 4 is 22.9 Å². The van der Waals surface area contributed by atoms with E-state index in [1.54, 1.807) is 12.0 Å². The number of hydroxylamine groups is 2. The van der Waals surface area contributed by atoms with Crippen LogP contribution in [-0.2, 0) is 21.0 Å². The number of carbonyl (C=O) groups excluding carboxylic acids is 2. The lowest BCUT2D eigenvalue weighted by atomic mass is 9.44. The van der Waals surface area contributed by atoms with E-state index in [1.807, 2.05) is 19.2 Å². The number of aliphatic hydroxyl groups is 2. The number of ketones is 2. The van der Waals surface area contributed by atoms with Gasteiger partial charge in [-0.25, -0.2) is 13.8 Å². The fourth-order valence-corrected chi connectivity index (χ4v) is 9.30. The largest absolute Gasteiger partial charge is 0.390 e. The first-order chi connectivity index (χ1) is 17.4. The van der Waals surface area contributed by atoms with Gasteiger partial charge in [0.1, 0.15) is 12.8 Å². The van der Waals surface area contributed by atoms with Crippen LogP contribution in [0.5, 0.6) is 0 Å². The van der Waals surface area contributed by atoms with Crippen molar-refractivity contribution in [1.29, 1.82) is 0 Å². The van der Waals surface area contributed by atoms with Crippen molar-refractivity contribution in [3.8, 4) is 0 Å². The molecule has 200 valence electrons. The summed E-state index contributed by atoms with van der Waals surface area (Å²) in [5, 5.41) is 26.1. The molecule has 3 saturated carbocycles. The Bertz CT molecular complexity index is 1240. The number of rotatable bonds is 4. The third kappa shape index (κ3) is 3.07. The number of thiazole rings is 1. The molecule has 1 saturated heterocycles. The predicted octanol–water partition coefficient (Wildman–Crippen LogP) is 3.04. The Balaban J connectivity index is 1.41. The lowest BCUT2D eigenvalue weighted by Crippen LogP contribution is -2.70. The molecule has 4 fully saturated rings. The van der Waals surface area contributed by atoms with Crippen molar-refractivity contribution < 1.29 is 33.4 Å². The van der Waals surface area contributed by atoms with Crippen LogP contribution >= 0.6 is 11.3 Å². The first-order valence-corrected chi connectivity index (χ1v) is 13.7. The van der Waals surface area contributed by atoms with E-state index in [0.29, 0.717) is 19.5 Å². The number of halogens is 2. The van der Waals surface area contributed by atoms with Crippen LogP contribution in [0.25, 0.3) is 0 Å². The molecule has 6 rings (SSSR count). The normalized spacial score (nSPS) is 46.7. The second-order valence-corrected chi connectivity index (χ2v) is 12.9. The summed E-state index contributed by atoms with van der Waals surface area (Å²) in [6.45, 7) is 5.29. The second kappa shape index (κ2) is 8.08. The SMILES string of the molecule is Cc1nc(CN2C[C@@H]3C[C@H]4[C@@H]5C[C@H](F)C6=CC(=O)C=C[C@]6(C)[C@@]5(F)[C@@H](O)C[C@]4(C)[C@]3(C(=O)CO)O2)cs1. The van der Waals surface area contributed by atoms with Gasteiger partial charge >= 0.3 is 0 Å². The molecule has 2 heterocycles. The van der Waals surface area contributed by atoms with E-state index in [4.69, 9.17) is 4.84 Å². The van der Waals surface area contributed by atoms with Crippen LogP contribution in [0.15, 0.2) is 29.2 Å². The van der Waals surface area contributed by atoms with Gasteiger partial charge in [-0.1, -0.05) is 13.0 Å². The third-order valence-electron chi connectivity index (χ3n) is 10.2. The van der Waals surface area contributed by atoms with Crippen LogP contribution in [0.3, 0.4) is 0 Å². The topological polar surface area (TPSA) is 100.0 Å². The van der Waals surface area contributed by atoms with Gasteiger partial charge in [0.2, 0.25) is 0 Å². The van der Waals surface area contributed by atoms with E-state index >= 15 is 8.78 Å². The van der Waals surface area contributed by atoms with Gasteiger partial charge in [-0.15, -0.1) is 11.3 Å². The lowest BCUT2D eigenvalue weighted by Gasteiger charge is -2.63. The van der Waals surface area contributed by atoms with E-state index in [9.17, 15) is 19.8 Å². The number of nitrogens with zero attached hydrogens (tertiary/aromatic N) is 2. The van der Waals surface area contributed by atoms with Crippen LogP contribution in [0, 0.1) is 35.5 Å². The maximum atomic E-state index is 17.4. The molecule has 7 nitrogen and oxygen atoms in total. The summed E-state index contributed by atoms with van der Waals surface area (Å²) in [4.78, 5) is 36.4. The number of hydrogen-bond acceptors (Lipinski definition) is 8. The molecule has 4 aliphatic carbocycles. The van der Waals surface area contributed by atoms with Crippen LogP contribution in [0.4, 0.5) is 8.78 Å². The Hall–Kier alpha value is -1.85. The van der Waals surface area contributed by atoms with Crippen LogP contribution in [0.2, 0.25) is 0 Å². The number of hydrogen-bond donors (Lipinski definition) is 2. The predicted molar refractivity (Wildman–Crippen MR) is 131 cm³/mol. The number of Topliss-reactive ketones (excluding diaryl/α,β-unsaturated/α-hetero) is 1. The molecule has 0 unspecified atom stereocenters. The smallest absolute Gasteiger partial charge is 0.192 e. The second-order valence-electron chi connectivity index (χ2n) is 11.9. The monoisotopic (exact) mass is 534 g/mol. The lowest BCUT2D eigenvalue weighted by molar-refractivity contribution is -0.269. The van der Waals surface area contributed by atoms with Crippen molar-refractivity contribution in [2.24, 2.45) is 28.6 Å². The molecule has 0 amide bonds. The summed E-state index contributed by atoms with van der Waals surface area (Å²) in [6, 6.07) is 0. The maximum absolute atomic E-state index is 17.4. The molecule has 0 aromatic carbocycles. The minimum Gasteiger partial charge on any atom is -0.390 e. The Morgan fingerprint density at radius 3 is 2.76 bits per heavy atom. The standard InChI is InChI=1S/C27H32F2N2O5S/c1-14-30-16(13-37-14)11-31-10-15-6-18-19-8-21(28)20-7-17(33)4-5-24(20,2)26(19,29)22(34)9-25(18,3)27(15,36-31)23(35)12-32/h4-5,7,13,15,18-19,21-22,32,34H,6,8-12H2,1-3H3/t15-,18-,19-,21-,22-,24-,25-,26-,27-/m0/s1. The average molecular weight is 535 g/mol. The van der Waals surface area contributed by atoms with Gasteiger partial charge in [0.25, 0.3) is 0 Å². The highest BCUT2D eigenvalue weighted by Gasteiger charge is 2.79. The molecule has 1 aliphatic heterocycles. The van der Waals surface area contributed by atoms with Crippen molar-refractivity contribution in [3.63, 3.8) is 0 Å². The molecule has 2 N–H and O–H groups in total. The van der Waals surface area contributed by atoms with Crippen molar-refractivity contribution in [3.05, 3.63) is 39.9 Å². The van der Waals surface area contributed by atoms with Gasteiger partial charge in [0.05, 0.1) is 23.4 Å². The zero-order valence-corrected chi connectivity index (χ0v) is 21.9. The molecule has 37 heavy (non-hydrogen) atoms. The maximum Gasteiger partial charge on any atom is 0.192 e. The molecule has 0 radical (unpaired) electrons. The Labute approximate surface area is 218 Å². The van der Waals surface area contributed by atoms with Crippen molar-refractivity contribution in [1.82, 2.24) is 10.0 Å². The Morgan fingerprint density at radius 1 is 1.32 bits per heavy atom. The quantitative estimate of drug-likeness (QED) is 0.613. The molecule has 1 aromatic rings. The molecule has 0 bridgehead atoms. The van der Waals surface area contributed by atoms with Gasteiger partial charge in [0.15, 0.2) is 22.8 Å². The Kier molecular flexibility index (Phi) is 5.55. The summed E-state index contributed by atoms with van der Waals surface area (Å²) in [5.74, 6) is -2.61. The van der Waals surface area contributed by atoms with Crippen molar-refractivity contribution in [2.45, 2.75) is 70.1 Å². The highest BCUT2D eigenvalue weighted by atomic mass is 32.1. The van der Waals surface area contributed by atoms with Crippen molar-refractivity contribution in [2.75, 3.05) is 13.2 Å². The van der Waals surface area contributed by atoms with Gasteiger partial charge in [-0.3, -0.25) is 14.4 Å². The van der Waals surface area contributed by atoms with Crippen LogP contribution in [0.1, 0.15) is 43.8 Å². The highest BCUT2D eigenvalue weighted by Crippen LogP contribution is 2.72. The number of allylic oxidation sites excluding steroid dienone is 4. The zero-order valence-electron chi connectivity index (χ0n) is 21.1.